The van der Waals surface area contributed by atoms with Crippen LogP contribution in [-0.4, -0.2) is 44.7 Å². The third kappa shape index (κ3) is 3.87. The Kier molecular flexibility index (Phi) is 4.90. The lowest BCUT2D eigenvalue weighted by molar-refractivity contribution is 0.0354. The number of hydrogen-bond acceptors (Lipinski definition) is 5. The maximum absolute atomic E-state index is 13.9. The summed E-state index contributed by atoms with van der Waals surface area (Å²) in [6.45, 7) is 1.94. The highest BCUT2D eigenvalue weighted by Gasteiger charge is 2.48. The Morgan fingerprint density at radius 1 is 1.15 bits per heavy atom. The van der Waals surface area contributed by atoms with Gasteiger partial charge in [0, 0.05) is 19.5 Å². The van der Waals surface area contributed by atoms with Crippen molar-refractivity contribution in [2.24, 2.45) is 11.8 Å². The highest BCUT2D eigenvalue weighted by molar-refractivity contribution is 7.99. The maximum Gasteiger partial charge on any atom is 0.133 e. The zero-order valence-electron chi connectivity index (χ0n) is 14.5. The number of aromatic nitrogens is 1. The molecule has 1 saturated heterocycles. The molecule has 0 spiro atoms. The molecule has 1 saturated carbocycles. The summed E-state index contributed by atoms with van der Waals surface area (Å²) in [5.41, 5.74) is -0.171. The highest BCUT2D eigenvalue weighted by atomic mass is 32.2. The second kappa shape index (κ2) is 7.18. The minimum absolute atomic E-state index is 0.180. The van der Waals surface area contributed by atoms with Gasteiger partial charge in [-0.25, -0.2) is 9.37 Å². The molecule has 2 fully saturated rings. The molecule has 0 bridgehead atoms. The summed E-state index contributed by atoms with van der Waals surface area (Å²) in [6, 6.07) is 10.2. The molecule has 138 valence electrons. The van der Waals surface area contributed by atoms with Crippen molar-refractivity contribution in [2.45, 2.75) is 29.9 Å². The van der Waals surface area contributed by atoms with Crippen molar-refractivity contribution in [2.75, 3.05) is 19.0 Å². The minimum Gasteiger partial charge on any atom is -0.506 e. The Labute approximate surface area is 157 Å². The first-order valence-corrected chi connectivity index (χ1v) is 9.95. The van der Waals surface area contributed by atoms with Gasteiger partial charge >= 0.3 is 0 Å². The molecule has 1 aliphatic heterocycles. The number of fused-ring (bicyclic) bond motifs is 1. The van der Waals surface area contributed by atoms with Crippen molar-refractivity contribution in [1.29, 1.82) is 0 Å². The van der Waals surface area contributed by atoms with E-state index in [4.69, 9.17) is 0 Å². The molecule has 1 aromatic carbocycles. The van der Waals surface area contributed by atoms with Crippen LogP contribution in [-0.2, 0) is 6.42 Å². The van der Waals surface area contributed by atoms with E-state index >= 15 is 0 Å². The first kappa shape index (κ1) is 17.8. The van der Waals surface area contributed by atoms with E-state index in [0.717, 1.165) is 36.8 Å². The van der Waals surface area contributed by atoms with Crippen LogP contribution in [0.1, 0.15) is 18.4 Å². The molecule has 6 heteroatoms. The number of hydrogen-bond donors (Lipinski definition) is 2. The van der Waals surface area contributed by atoms with E-state index in [0.29, 0.717) is 23.8 Å². The normalized spacial score (nSPS) is 28.4. The maximum atomic E-state index is 13.9. The molecule has 2 aliphatic rings. The molecule has 26 heavy (non-hydrogen) atoms. The van der Waals surface area contributed by atoms with Crippen molar-refractivity contribution in [1.82, 2.24) is 9.88 Å². The Balaban J connectivity index is 1.31. The van der Waals surface area contributed by atoms with E-state index in [2.05, 4.69) is 9.88 Å². The number of likely N-dealkylation sites (tertiary alicyclic amines) is 1. The van der Waals surface area contributed by atoms with Gasteiger partial charge in [-0.1, -0.05) is 30.0 Å². The van der Waals surface area contributed by atoms with Gasteiger partial charge in [0.1, 0.15) is 11.6 Å². The third-order valence-electron chi connectivity index (χ3n) is 5.53. The van der Waals surface area contributed by atoms with Gasteiger partial charge in [-0.05, 0) is 48.4 Å². The number of aliphatic hydroxyl groups is 1. The number of benzene rings is 1. The van der Waals surface area contributed by atoms with Gasteiger partial charge in [-0.15, -0.1) is 0 Å². The molecule has 2 heterocycles. The van der Waals surface area contributed by atoms with Crippen LogP contribution in [0.15, 0.2) is 47.6 Å². The molecule has 2 aromatic rings. The molecule has 2 N–H and O–H groups in total. The van der Waals surface area contributed by atoms with Crippen LogP contribution >= 0.6 is 11.8 Å². The van der Waals surface area contributed by atoms with E-state index < -0.39 is 5.60 Å². The minimum atomic E-state index is -0.782. The Morgan fingerprint density at radius 2 is 1.88 bits per heavy atom. The standard InChI is InChI=1S/C20H23FN2O2S/c21-18-4-2-1-3-14(18)7-20(25)8-15-11-23(12-16(15)9-20)13-26-19-6-5-17(24)10-22-19/h1-6,10,15-16,24-25H,7-9,11-13H2. The third-order valence-corrected chi connectivity index (χ3v) is 6.56. The Bertz CT molecular complexity index is 757. The molecule has 4 nitrogen and oxygen atoms in total. The molecule has 0 radical (unpaired) electrons. The van der Waals surface area contributed by atoms with Gasteiger partial charge < -0.3 is 10.2 Å². The quantitative estimate of drug-likeness (QED) is 0.787. The summed E-state index contributed by atoms with van der Waals surface area (Å²) in [5.74, 6) is 1.76. The number of halogens is 1. The lowest BCUT2D eigenvalue weighted by atomic mass is 9.91. The predicted octanol–water partition coefficient (Wildman–Crippen LogP) is 3.29. The number of thioether (sulfide) groups is 1. The summed E-state index contributed by atoms with van der Waals surface area (Å²) in [7, 11) is 0. The van der Waals surface area contributed by atoms with Crippen LogP contribution in [0.2, 0.25) is 0 Å². The Hall–Kier alpha value is -1.63. The molecule has 0 amide bonds. The van der Waals surface area contributed by atoms with Crippen LogP contribution in [0.4, 0.5) is 4.39 Å². The van der Waals surface area contributed by atoms with Crippen LogP contribution in [0.5, 0.6) is 5.75 Å². The van der Waals surface area contributed by atoms with E-state index in [-0.39, 0.29) is 11.6 Å². The first-order chi connectivity index (χ1) is 12.5. The fourth-order valence-corrected chi connectivity index (χ4v) is 5.24. The lowest BCUT2D eigenvalue weighted by Gasteiger charge is -2.26. The van der Waals surface area contributed by atoms with Gasteiger partial charge in [0.25, 0.3) is 0 Å². The second-order valence-electron chi connectivity index (χ2n) is 7.58. The summed E-state index contributed by atoms with van der Waals surface area (Å²) in [5, 5.41) is 21.2. The molecular formula is C20H23FN2O2S. The van der Waals surface area contributed by atoms with Crippen molar-refractivity contribution in [3.63, 3.8) is 0 Å². The van der Waals surface area contributed by atoms with E-state index in [1.54, 1.807) is 30.0 Å². The Morgan fingerprint density at radius 3 is 2.54 bits per heavy atom. The molecule has 1 aliphatic carbocycles. The van der Waals surface area contributed by atoms with Crippen molar-refractivity contribution in [3.8, 4) is 5.75 Å². The van der Waals surface area contributed by atoms with Crippen LogP contribution in [0.25, 0.3) is 0 Å². The lowest BCUT2D eigenvalue weighted by Crippen LogP contribution is -2.32. The fourth-order valence-electron chi connectivity index (χ4n) is 4.42. The largest absolute Gasteiger partial charge is 0.506 e. The molecule has 1 aromatic heterocycles. The smallest absolute Gasteiger partial charge is 0.133 e. The first-order valence-electron chi connectivity index (χ1n) is 8.97. The van der Waals surface area contributed by atoms with Crippen LogP contribution in [0.3, 0.4) is 0 Å². The molecular weight excluding hydrogens is 351 g/mol. The van der Waals surface area contributed by atoms with Crippen molar-refractivity contribution >= 4 is 11.8 Å². The zero-order chi connectivity index (χ0) is 18.1. The number of pyridine rings is 1. The average Bonchev–Trinajstić information content (AvgIpc) is 3.11. The monoisotopic (exact) mass is 374 g/mol. The molecule has 4 rings (SSSR count). The van der Waals surface area contributed by atoms with Gasteiger partial charge in [-0.3, -0.25) is 4.90 Å². The van der Waals surface area contributed by atoms with E-state index in [1.165, 1.54) is 12.3 Å². The summed E-state index contributed by atoms with van der Waals surface area (Å²) in [4.78, 5) is 6.60. The van der Waals surface area contributed by atoms with E-state index in [1.807, 2.05) is 12.1 Å². The average molecular weight is 374 g/mol. The molecule has 2 unspecified atom stereocenters. The van der Waals surface area contributed by atoms with Crippen molar-refractivity contribution < 1.29 is 14.6 Å². The number of aromatic hydroxyl groups is 1. The highest BCUT2D eigenvalue weighted by Crippen LogP contribution is 2.45. The van der Waals surface area contributed by atoms with Gasteiger partial charge in [-0.2, -0.15) is 0 Å². The van der Waals surface area contributed by atoms with Gasteiger partial charge in [0.2, 0.25) is 0 Å². The zero-order valence-corrected chi connectivity index (χ0v) is 15.3. The summed E-state index contributed by atoms with van der Waals surface area (Å²) < 4.78 is 13.9. The summed E-state index contributed by atoms with van der Waals surface area (Å²) >= 11 is 1.66. The molecule has 2 atom stereocenters. The van der Waals surface area contributed by atoms with Gasteiger partial charge in [0.15, 0.2) is 0 Å². The second-order valence-corrected chi connectivity index (χ2v) is 8.55. The van der Waals surface area contributed by atoms with Gasteiger partial charge in [0.05, 0.1) is 22.7 Å². The predicted molar refractivity (Wildman–Crippen MR) is 99.5 cm³/mol. The summed E-state index contributed by atoms with van der Waals surface area (Å²) in [6.07, 6.45) is 3.35. The number of rotatable bonds is 5. The topological polar surface area (TPSA) is 56.6 Å². The van der Waals surface area contributed by atoms with Crippen molar-refractivity contribution in [3.05, 3.63) is 54.0 Å². The van der Waals surface area contributed by atoms with E-state index in [9.17, 15) is 14.6 Å². The van der Waals surface area contributed by atoms with Crippen LogP contribution < -0.4 is 0 Å². The fraction of sp³-hybridized carbons (Fsp3) is 0.450. The SMILES string of the molecule is Oc1ccc(SCN2CC3CC(O)(Cc4ccccc4F)CC3C2)nc1. The van der Waals surface area contributed by atoms with Crippen LogP contribution in [0, 0.1) is 17.7 Å². The number of nitrogens with zero attached hydrogens (tertiary/aromatic N) is 2.